The molecule has 0 atom stereocenters. The molecule has 1 aromatic heterocycles. The van der Waals surface area contributed by atoms with Crippen LogP contribution < -0.4 is 9.47 Å². The number of para-hydroxylation sites is 1. The summed E-state index contributed by atoms with van der Waals surface area (Å²) in [5.41, 5.74) is 2.99. The van der Waals surface area contributed by atoms with Crippen molar-refractivity contribution in [1.82, 2.24) is 10.2 Å². The Kier molecular flexibility index (Phi) is 6.58. The van der Waals surface area contributed by atoms with E-state index in [2.05, 4.69) is 28.0 Å². The van der Waals surface area contributed by atoms with Crippen LogP contribution in [0.2, 0.25) is 0 Å². The molecule has 1 heterocycles. The number of hydrogen-bond acceptors (Lipinski definition) is 5. The number of rotatable bonds is 8. The molecular formula is C23H20N4O2. The van der Waals surface area contributed by atoms with Crippen molar-refractivity contribution in [3.63, 3.8) is 0 Å². The van der Waals surface area contributed by atoms with Crippen molar-refractivity contribution in [3.05, 3.63) is 84.2 Å². The van der Waals surface area contributed by atoms with Crippen LogP contribution in [-0.4, -0.2) is 23.5 Å². The van der Waals surface area contributed by atoms with Gasteiger partial charge < -0.3 is 9.47 Å². The number of H-pyrrole nitrogens is 1. The van der Waals surface area contributed by atoms with Gasteiger partial charge in [0.1, 0.15) is 23.8 Å². The first-order valence-corrected chi connectivity index (χ1v) is 8.96. The van der Waals surface area contributed by atoms with E-state index in [1.54, 1.807) is 36.7 Å². The van der Waals surface area contributed by atoms with Gasteiger partial charge in [-0.25, -0.2) is 0 Å². The minimum Gasteiger partial charge on any atom is -0.488 e. The lowest BCUT2D eigenvalue weighted by Crippen LogP contribution is -2.01. The first kappa shape index (κ1) is 19.6. The molecule has 3 rings (SSSR count). The number of allylic oxidation sites excluding steroid dienone is 1. The molecule has 0 spiro atoms. The fourth-order valence-corrected chi connectivity index (χ4v) is 2.69. The molecule has 29 heavy (non-hydrogen) atoms. The van der Waals surface area contributed by atoms with Crippen molar-refractivity contribution in [2.45, 2.75) is 6.92 Å². The molecule has 3 aromatic rings. The van der Waals surface area contributed by atoms with E-state index in [0.29, 0.717) is 35.1 Å². The van der Waals surface area contributed by atoms with E-state index in [9.17, 15) is 0 Å². The number of hydrogen-bond donors (Lipinski definition) is 1. The van der Waals surface area contributed by atoms with Crippen LogP contribution in [0.15, 0.2) is 83.6 Å². The van der Waals surface area contributed by atoms with Gasteiger partial charge in [0.25, 0.3) is 0 Å². The highest BCUT2D eigenvalue weighted by Crippen LogP contribution is 2.36. The third-order valence-corrected chi connectivity index (χ3v) is 4.00. The summed E-state index contributed by atoms with van der Waals surface area (Å²) in [4.78, 5) is 3.81. The van der Waals surface area contributed by atoms with Crippen molar-refractivity contribution in [1.29, 1.82) is 5.26 Å². The van der Waals surface area contributed by atoms with E-state index in [1.165, 1.54) is 0 Å². The van der Waals surface area contributed by atoms with Crippen LogP contribution in [0, 0.1) is 11.3 Å². The van der Waals surface area contributed by atoms with E-state index in [0.717, 1.165) is 11.1 Å². The Morgan fingerprint density at radius 1 is 1.21 bits per heavy atom. The molecule has 0 amide bonds. The highest BCUT2D eigenvalue weighted by Gasteiger charge is 2.15. The fraction of sp³-hybridized carbons (Fsp3) is 0.0870. The van der Waals surface area contributed by atoms with E-state index in [4.69, 9.17) is 14.7 Å². The number of ether oxygens (including phenoxy) is 2. The van der Waals surface area contributed by atoms with Crippen LogP contribution in [0.5, 0.6) is 17.2 Å². The summed E-state index contributed by atoms with van der Waals surface area (Å²) in [6.07, 6.45) is 7.12. The molecule has 0 aliphatic carbocycles. The molecule has 0 aliphatic rings. The number of nitriles is 1. The molecule has 144 valence electrons. The predicted molar refractivity (Wildman–Crippen MR) is 113 cm³/mol. The Hall–Kier alpha value is -4.11. The van der Waals surface area contributed by atoms with Crippen molar-refractivity contribution >= 4 is 6.72 Å². The Morgan fingerprint density at radius 3 is 2.72 bits per heavy atom. The topological polar surface area (TPSA) is 83.3 Å². The Labute approximate surface area is 169 Å². The number of aromatic amines is 1. The van der Waals surface area contributed by atoms with Crippen LogP contribution in [0.25, 0.3) is 11.3 Å². The van der Waals surface area contributed by atoms with Gasteiger partial charge in [-0.05, 0) is 50.0 Å². The van der Waals surface area contributed by atoms with Crippen LogP contribution >= 0.6 is 0 Å². The van der Waals surface area contributed by atoms with Crippen molar-refractivity contribution in [3.8, 4) is 34.6 Å². The van der Waals surface area contributed by atoms with E-state index < -0.39 is 0 Å². The maximum absolute atomic E-state index is 8.93. The molecule has 0 saturated carbocycles. The zero-order chi connectivity index (χ0) is 20.5. The molecule has 0 radical (unpaired) electrons. The highest BCUT2D eigenvalue weighted by molar-refractivity contribution is 5.72. The van der Waals surface area contributed by atoms with Crippen molar-refractivity contribution in [2.75, 3.05) is 6.61 Å². The first-order chi connectivity index (χ1) is 14.2. The van der Waals surface area contributed by atoms with E-state index >= 15 is 0 Å². The van der Waals surface area contributed by atoms with Crippen LogP contribution in [0.3, 0.4) is 0 Å². The number of nitrogens with one attached hydrogen (secondary N) is 1. The summed E-state index contributed by atoms with van der Waals surface area (Å²) >= 11 is 0. The maximum atomic E-state index is 8.93. The number of aliphatic imine (C=N–C) groups is 1. The van der Waals surface area contributed by atoms with Crippen molar-refractivity contribution < 1.29 is 9.47 Å². The number of aromatic nitrogens is 2. The summed E-state index contributed by atoms with van der Waals surface area (Å²) < 4.78 is 12.0. The normalized spacial score (nSPS) is 11.2. The van der Waals surface area contributed by atoms with Gasteiger partial charge in [0.15, 0.2) is 5.75 Å². The van der Waals surface area contributed by atoms with Gasteiger partial charge in [0, 0.05) is 17.3 Å². The van der Waals surface area contributed by atoms with E-state index in [-0.39, 0.29) is 0 Å². The first-order valence-electron chi connectivity index (χ1n) is 8.96. The molecule has 0 unspecified atom stereocenters. The molecule has 0 aliphatic heterocycles. The lowest BCUT2D eigenvalue weighted by atomic mass is 10.1. The standard InChI is InChI=1S/C23H20N4O2/c1-3-6-18(14-25-2)16-28-21-8-5-4-7-20(21)23-22(15-26-27-23)29-19-11-9-17(13-24)10-12-19/h3-12,14-15H,2,16H2,1H3,(H,26,27)/b6-3-,18-14+. The Morgan fingerprint density at radius 2 is 2.00 bits per heavy atom. The predicted octanol–water partition coefficient (Wildman–Crippen LogP) is 5.28. The molecule has 6 nitrogen and oxygen atoms in total. The smallest absolute Gasteiger partial charge is 0.173 e. The summed E-state index contributed by atoms with van der Waals surface area (Å²) in [5.74, 6) is 1.85. The summed E-state index contributed by atoms with van der Waals surface area (Å²) in [5, 5.41) is 16.0. The minimum atomic E-state index is 0.348. The molecule has 1 N–H and O–H groups in total. The highest BCUT2D eigenvalue weighted by atomic mass is 16.5. The lowest BCUT2D eigenvalue weighted by Gasteiger charge is -2.12. The zero-order valence-corrected chi connectivity index (χ0v) is 16.0. The zero-order valence-electron chi connectivity index (χ0n) is 16.0. The molecule has 0 bridgehead atoms. The summed E-state index contributed by atoms with van der Waals surface area (Å²) in [6, 6.07) is 16.6. The molecule has 6 heteroatoms. The number of nitrogens with zero attached hydrogens (tertiary/aromatic N) is 3. The second kappa shape index (κ2) is 9.72. The average Bonchev–Trinajstić information content (AvgIpc) is 3.21. The summed E-state index contributed by atoms with van der Waals surface area (Å²) in [6.45, 7) is 5.78. The average molecular weight is 384 g/mol. The largest absolute Gasteiger partial charge is 0.488 e. The lowest BCUT2D eigenvalue weighted by molar-refractivity contribution is 0.356. The van der Waals surface area contributed by atoms with Crippen LogP contribution in [-0.2, 0) is 0 Å². The second-order valence-electron chi connectivity index (χ2n) is 6.02. The fourth-order valence-electron chi connectivity index (χ4n) is 2.69. The monoisotopic (exact) mass is 384 g/mol. The maximum Gasteiger partial charge on any atom is 0.173 e. The van der Waals surface area contributed by atoms with Gasteiger partial charge >= 0.3 is 0 Å². The molecular weight excluding hydrogens is 364 g/mol. The Balaban J connectivity index is 1.85. The van der Waals surface area contributed by atoms with Gasteiger partial charge in [0.05, 0.1) is 17.8 Å². The third-order valence-electron chi connectivity index (χ3n) is 4.00. The van der Waals surface area contributed by atoms with Crippen LogP contribution in [0.1, 0.15) is 12.5 Å². The molecule has 0 saturated heterocycles. The van der Waals surface area contributed by atoms with Gasteiger partial charge in [-0.2, -0.15) is 10.4 Å². The van der Waals surface area contributed by atoms with Gasteiger partial charge in [-0.3, -0.25) is 10.1 Å². The van der Waals surface area contributed by atoms with Gasteiger partial charge in [-0.15, -0.1) is 0 Å². The quantitative estimate of drug-likeness (QED) is 0.423. The minimum absolute atomic E-state index is 0.348. The van der Waals surface area contributed by atoms with Gasteiger partial charge in [0.2, 0.25) is 0 Å². The van der Waals surface area contributed by atoms with E-state index in [1.807, 2.05) is 43.3 Å². The van der Waals surface area contributed by atoms with Crippen LogP contribution in [0.4, 0.5) is 0 Å². The summed E-state index contributed by atoms with van der Waals surface area (Å²) in [7, 11) is 0. The van der Waals surface area contributed by atoms with Crippen molar-refractivity contribution in [2.24, 2.45) is 4.99 Å². The third kappa shape index (κ3) is 4.99. The second-order valence-corrected chi connectivity index (χ2v) is 6.02. The Bertz CT molecular complexity index is 1070. The SMILES string of the molecule is C=N/C=C(\C=C/C)COc1ccccc1-c1[nH]ncc1Oc1ccc(C#N)cc1. The molecule has 2 aromatic carbocycles. The number of benzene rings is 2. The van der Waals surface area contributed by atoms with Gasteiger partial charge in [-0.1, -0.05) is 24.3 Å². The molecule has 0 fully saturated rings.